The highest BCUT2D eigenvalue weighted by Crippen LogP contribution is 2.44. The van der Waals surface area contributed by atoms with E-state index >= 15 is 0 Å². The van der Waals surface area contributed by atoms with Crippen LogP contribution in [0, 0.1) is 0 Å². The van der Waals surface area contributed by atoms with Crippen molar-refractivity contribution in [2.75, 3.05) is 39.4 Å². The fourth-order valence-corrected chi connectivity index (χ4v) is 5.05. The van der Waals surface area contributed by atoms with Crippen LogP contribution in [-0.2, 0) is 14.8 Å². The van der Waals surface area contributed by atoms with Gasteiger partial charge < -0.3 is 9.47 Å². The fourth-order valence-electron chi connectivity index (χ4n) is 3.95. The Kier molecular flexibility index (Phi) is 5.22. The lowest BCUT2D eigenvalue weighted by atomic mass is 10.0. The number of rotatable bonds is 6. The van der Waals surface area contributed by atoms with Crippen LogP contribution < -0.4 is 15.0 Å². The van der Waals surface area contributed by atoms with Crippen molar-refractivity contribution in [3.63, 3.8) is 0 Å². The molecular weight excluding hydrogens is 420 g/mol. The zero-order chi connectivity index (χ0) is 21.4. The quantitative estimate of drug-likeness (QED) is 0.437. The van der Waals surface area contributed by atoms with Crippen LogP contribution in [-0.4, -0.2) is 62.9 Å². The molecule has 0 atom stereocenters. The molecule has 2 aliphatic heterocycles. The van der Waals surface area contributed by atoms with Gasteiger partial charge in [-0.05, 0) is 43.3 Å². The average molecular weight is 442 g/mol. The number of aromatic nitrogens is 2. The highest BCUT2D eigenvalue weighted by atomic mass is 32.2. The Morgan fingerprint density at radius 2 is 1.97 bits per heavy atom. The predicted octanol–water partition coefficient (Wildman–Crippen LogP) is 1.70. The molecule has 0 radical (unpaired) electrons. The number of hydrogen-bond donors (Lipinski definition) is 2. The molecule has 162 valence electrons. The minimum Gasteiger partial charge on any atom is -0.456 e. The number of morpholine rings is 1. The molecule has 1 fully saturated rings. The van der Waals surface area contributed by atoms with Crippen molar-refractivity contribution >= 4 is 20.8 Å². The largest absolute Gasteiger partial charge is 0.456 e. The van der Waals surface area contributed by atoms with Gasteiger partial charge in [0, 0.05) is 25.2 Å². The molecule has 3 aromatic rings. The van der Waals surface area contributed by atoms with Crippen molar-refractivity contribution in [3.8, 4) is 22.8 Å². The number of nitrogens with zero attached hydrogens (tertiary/aromatic N) is 2. The molecule has 0 bridgehead atoms. The predicted molar refractivity (Wildman–Crippen MR) is 115 cm³/mol. The summed E-state index contributed by atoms with van der Waals surface area (Å²) in [6.45, 7) is 4.35. The summed E-state index contributed by atoms with van der Waals surface area (Å²) >= 11 is 0. The molecule has 0 spiro atoms. The van der Waals surface area contributed by atoms with Gasteiger partial charge in [-0.3, -0.25) is 9.69 Å². The Bertz CT molecular complexity index is 1300. The SMILES string of the molecule is O=c1[nH]nc2c3c(cccc13)Oc1ccc(S(=O)(=O)NCCCN3CCOCC3)cc1-2. The van der Waals surface area contributed by atoms with E-state index in [4.69, 9.17) is 9.47 Å². The number of fused-ring (bicyclic) bond motifs is 2. The molecule has 1 aromatic heterocycles. The van der Waals surface area contributed by atoms with Gasteiger partial charge in [-0.1, -0.05) is 6.07 Å². The van der Waals surface area contributed by atoms with E-state index in [2.05, 4.69) is 19.8 Å². The number of hydrogen-bond acceptors (Lipinski definition) is 7. The Morgan fingerprint density at radius 3 is 2.81 bits per heavy atom. The zero-order valence-corrected chi connectivity index (χ0v) is 17.6. The minimum atomic E-state index is -3.70. The summed E-state index contributed by atoms with van der Waals surface area (Å²) in [5.41, 5.74) is 0.699. The van der Waals surface area contributed by atoms with Crippen molar-refractivity contribution in [1.29, 1.82) is 0 Å². The number of nitrogens with one attached hydrogen (secondary N) is 2. The standard InChI is InChI=1S/C21H22N4O5S/c26-21-15-3-1-4-18-19(15)20(23-24-21)16-13-14(5-6-17(16)30-18)31(27,28)22-7-2-8-25-9-11-29-12-10-25/h1,3-6,13,22H,2,7-12H2,(H,24,26). The fraction of sp³-hybridized carbons (Fsp3) is 0.333. The van der Waals surface area contributed by atoms with Crippen LogP contribution in [0.15, 0.2) is 46.1 Å². The van der Waals surface area contributed by atoms with E-state index in [1.54, 1.807) is 24.3 Å². The van der Waals surface area contributed by atoms with Crippen LogP contribution in [0.3, 0.4) is 0 Å². The first kappa shape index (κ1) is 20.1. The monoisotopic (exact) mass is 442 g/mol. The zero-order valence-electron chi connectivity index (χ0n) is 16.8. The van der Waals surface area contributed by atoms with Gasteiger partial charge in [-0.15, -0.1) is 0 Å². The van der Waals surface area contributed by atoms with Crippen LogP contribution in [0.2, 0.25) is 0 Å². The second kappa shape index (κ2) is 8.04. The van der Waals surface area contributed by atoms with Gasteiger partial charge >= 0.3 is 0 Å². The summed E-state index contributed by atoms with van der Waals surface area (Å²) in [6, 6.07) is 9.85. The molecule has 2 aliphatic rings. The number of aromatic amines is 1. The number of H-pyrrole nitrogens is 1. The maximum atomic E-state index is 12.8. The van der Waals surface area contributed by atoms with E-state index in [1.807, 2.05) is 0 Å². The van der Waals surface area contributed by atoms with E-state index in [-0.39, 0.29) is 10.5 Å². The van der Waals surface area contributed by atoms with Crippen molar-refractivity contribution in [2.45, 2.75) is 11.3 Å². The van der Waals surface area contributed by atoms with Crippen LogP contribution in [0.4, 0.5) is 0 Å². The molecule has 2 N–H and O–H groups in total. The first-order chi connectivity index (χ1) is 15.0. The molecule has 0 unspecified atom stereocenters. The summed E-state index contributed by atoms with van der Waals surface area (Å²) in [5.74, 6) is 1.02. The Labute approximate surface area is 179 Å². The highest BCUT2D eigenvalue weighted by Gasteiger charge is 2.25. The number of sulfonamides is 1. The maximum absolute atomic E-state index is 12.8. The van der Waals surface area contributed by atoms with Gasteiger partial charge in [0.2, 0.25) is 10.0 Å². The van der Waals surface area contributed by atoms with E-state index in [1.165, 1.54) is 12.1 Å². The summed E-state index contributed by atoms with van der Waals surface area (Å²) < 4.78 is 39.6. The van der Waals surface area contributed by atoms with Crippen molar-refractivity contribution in [1.82, 2.24) is 19.8 Å². The Balaban J connectivity index is 1.38. The molecule has 9 nitrogen and oxygen atoms in total. The molecule has 3 heterocycles. The maximum Gasteiger partial charge on any atom is 0.272 e. The topological polar surface area (TPSA) is 114 Å². The molecule has 5 rings (SSSR count). The van der Waals surface area contributed by atoms with Gasteiger partial charge in [-0.2, -0.15) is 5.10 Å². The molecule has 2 aromatic carbocycles. The van der Waals surface area contributed by atoms with Gasteiger partial charge in [-0.25, -0.2) is 18.2 Å². The van der Waals surface area contributed by atoms with E-state index in [9.17, 15) is 13.2 Å². The van der Waals surface area contributed by atoms with Gasteiger partial charge in [0.05, 0.1) is 28.9 Å². The molecule has 0 amide bonds. The van der Waals surface area contributed by atoms with Gasteiger partial charge in [0.1, 0.15) is 17.2 Å². The molecule has 1 saturated heterocycles. The number of ether oxygens (including phenoxy) is 2. The van der Waals surface area contributed by atoms with Crippen molar-refractivity contribution in [3.05, 3.63) is 46.8 Å². The normalized spacial score (nSPS) is 16.1. The van der Waals surface area contributed by atoms with Crippen molar-refractivity contribution in [2.24, 2.45) is 0 Å². The van der Waals surface area contributed by atoms with Crippen LogP contribution in [0.5, 0.6) is 11.5 Å². The first-order valence-electron chi connectivity index (χ1n) is 10.2. The lowest BCUT2D eigenvalue weighted by molar-refractivity contribution is 0.0376. The van der Waals surface area contributed by atoms with E-state index in [0.717, 1.165) is 32.8 Å². The van der Waals surface area contributed by atoms with Crippen LogP contribution in [0.1, 0.15) is 6.42 Å². The Hall–Kier alpha value is -2.79. The second-order valence-corrected chi connectivity index (χ2v) is 9.31. The summed E-state index contributed by atoms with van der Waals surface area (Å²) in [4.78, 5) is 14.5. The minimum absolute atomic E-state index is 0.127. The Morgan fingerprint density at radius 1 is 1.13 bits per heavy atom. The lowest BCUT2D eigenvalue weighted by Gasteiger charge is -2.26. The number of benzene rings is 2. The summed E-state index contributed by atoms with van der Waals surface area (Å²) in [6.07, 6.45) is 0.711. The third-order valence-electron chi connectivity index (χ3n) is 5.56. The molecule has 0 saturated carbocycles. The van der Waals surface area contributed by atoms with E-state index in [0.29, 0.717) is 46.5 Å². The van der Waals surface area contributed by atoms with Gasteiger partial charge in [0.25, 0.3) is 5.56 Å². The van der Waals surface area contributed by atoms with Crippen LogP contribution in [0.25, 0.3) is 22.0 Å². The smallest absolute Gasteiger partial charge is 0.272 e. The third kappa shape index (κ3) is 3.83. The second-order valence-electron chi connectivity index (χ2n) is 7.55. The molecule has 10 heteroatoms. The van der Waals surface area contributed by atoms with E-state index < -0.39 is 10.0 Å². The summed E-state index contributed by atoms with van der Waals surface area (Å²) in [5, 5.41) is 7.69. The average Bonchev–Trinajstić information content (AvgIpc) is 2.79. The molecule has 0 aliphatic carbocycles. The van der Waals surface area contributed by atoms with Gasteiger partial charge in [0.15, 0.2) is 0 Å². The van der Waals surface area contributed by atoms with Crippen molar-refractivity contribution < 1.29 is 17.9 Å². The molecule has 31 heavy (non-hydrogen) atoms. The highest BCUT2D eigenvalue weighted by molar-refractivity contribution is 7.89. The first-order valence-corrected chi connectivity index (χ1v) is 11.6. The third-order valence-corrected chi connectivity index (χ3v) is 7.02. The van der Waals surface area contributed by atoms with Crippen LogP contribution >= 0.6 is 0 Å². The lowest BCUT2D eigenvalue weighted by Crippen LogP contribution is -2.38. The summed E-state index contributed by atoms with van der Waals surface area (Å²) in [7, 11) is -3.70. The molecular formula is C21H22N4O5S.